The quantitative estimate of drug-likeness (QED) is 0.771. The van der Waals surface area contributed by atoms with Gasteiger partial charge in [0.1, 0.15) is 11.5 Å². The predicted molar refractivity (Wildman–Crippen MR) is 78.4 cm³/mol. The number of rotatable bonds is 7. The van der Waals surface area contributed by atoms with Crippen LogP contribution in [0.15, 0.2) is 18.2 Å². The lowest BCUT2D eigenvalue weighted by Gasteiger charge is -2.15. The Labute approximate surface area is 114 Å². The molecule has 3 nitrogen and oxygen atoms in total. The van der Waals surface area contributed by atoms with E-state index in [0.29, 0.717) is 18.2 Å². The zero-order valence-corrected chi connectivity index (χ0v) is 12.0. The molecule has 100 valence electrons. The molecule has 1 atom stereocenters. The summed E-state index contributed by atoms with van der Waals surface area (Å²) in [6, 6.07) is 5.86. The minimum absolute atomic E-state index is 0.149. The number of nitrogens with two attached hydrogens (primary N) is 1. The van der Waals surface area contributed by atoms with Gasteiger partial charge in [-0.05, 0) is 44.0 Å². The van der Waals surface area contributed by atoms with Crippen molar-refractivity contribution in [1.82, 2.24) is 0 Å². The Morgan fingerprint density at radius 3 is 2.50 bits per heavy atom. The fourth-order valence-electron chi connectivity index (χ4n) is 1.70. The summed E-state index contributed by atoms with van der Waals surface area (Å²) in [5.74, 6) is 1.88. The van der Waals surface area contributed by atoms with Crippen LogP contribution in [0.1, 0.15) is 26.3 Å². The van der Waals surface area contributed by atoms with Gasteiger partial charge in [0.05, 0.1) is 18.2 Å². The number of benzene rings is 1. The van der Waals surface area contributed by atoms with Crippen LogP contribution in [-0.2, 0) is 6.42 Å². The van der Waals surface area contributed by atoms with Crippen LogP contribution in [-0.4, -0.2) is 18.2 Å². The van der Waals surface area contributed by atoms with Crippen molar-refractivity contribution < 1.29 is 9.47 Å². The number of thiocarbonyl (C=S) groups is 1. The molecule has 1 unspecified atom stereocenters. The molecule has 0 aromatic heterocycles. The van der Waals surface area contributed by atoms with Crippen molar-refractivity contribution in [2.75, 3.05) is 13.2 Å². The molecule has 1 aromatic carbocycles. The van der Waals surface area contributed by atoms with Gasteiger partial charge in [-0.25, -0.2) is 0 Å². The van der Waals surface area contributed by atoms with Crippen LogP contribution in [0.4, 0.5) is 0 Å². The van der Waals surface area contributed by atoms with Gasteiger partial charge in [-0.3, -0.25) is 0 Å². The molecular formula is C14H21NO2S. The molecule has 18 heavy (non-hydrogen) atoms. The van der Waals surface area contributed by atoms with Crippen LogP contribution in [0, 0.1) is 5.92 Å². The molecule has 4 heteroatoms. The molecule has 0 spiro atoms. The van der Waals surface area contributed by atoms with Crippen LogP contribution in [0.3, 0.4) is 0 Å². The van der Waals surface area contributed by atoms with Crippen molar-refractivity contribution in [3.05, 3.63) is 23.8 Å². The standard InChI is InChI=1S/C14H21NO2S/c1-4-16-12-6-7-13(17-5-2)11(9-12)8-10(3)14(15)18/h6-7,9-10H,4-5,8H2,1-3H3,(H2,15,18). The van der Waals surface area contributed by atoms with E-state index in [4.69, 9.17) is 27.4 Å². The first kappa shape index (κ1) is 14.8. The molecule has 0 amide bonds. The van der Waals surface area contributed by atoms with Crippen molar-refractivity contribution in [2.45, 2.75) is 27.2 Å². The molecule has 0 saturated carbocycles. The van der Waals surface area contributed by atoms with Gasteiger partial charge in [0.15, 0.2) is 0 Å². The largest absolute Gasteiger partial charge is 0.494 e. The molecule has 1 rings (SSSR count). The Bertz CT molecular complexity index is 407. The Kier molecular flexibility index (Phi) is 5.92. The first-order chi connectivity index (χ1) is 8.58. The summed E-state index contributed by atoms with van der Waals surface area (Å²) in [7, 11) is 0. The van der Waals surface area contributed by atoms with E-state index < -0.39 is 0 Å². The predicted octanol–water partition coefficient (Wildman–Crippen LogP) is 2.95. The zero-order valence-electron chi connectivity index (χ0n) is 11.2. The third-order valence-electron chi connectivity index (χ3n) is 2.65. The van der Waals surface area contributed by atoms with Crippen molar-refractivity contribution in [1.29, 1.82) is 0 Å². The summed E-state index contributed by atoms with van der Waals surface area (Å²) in [4.78, 5) is 0.527. The molecule has 0 radical (unpaired) electrons. The first-order valence-electron chi connectivity index (χ1n) is 6.26. The van der Waals surface area contributed by atoms with Crippen molar-refractivity contribution in [3.8, 4) is 11.5 Å². The second-order valence-electron chi connectivity index (χ2n) is 4.14. The van der Waals surface area contributed by atoms with Crippen LogP contribution < -0.4 is 15.2 Å². The first-order valence-corrected chi connectivity index (χ1v) is 6.67. The summed E-state index contributed by atoms with van der Waals surface area (Å²) < 4.78 is 11.1. The molecule has 0 heterocycles. The van der Waals surface area contributed by atoms with Gasteiger partial charge in [-0.1, -0.05) is 19.1 Å². The third-order valence-corrected chi connectivity index (χ3v) is 3.06. The van der Waals surface area contributed by atoms with E-state index in [1.807, 2.05) is 39.0 Å². The van der Waals surface area contributed by atoms with E-state index in [1.165, 1.54) is 0 Å². The monoisotopic (exact) mass is 267 g/mol. The highest BCUT2D eigenvalue weighted by molar-refractivity contribution is 7.80. The molecule has 1 aromatic rings. The maximum atomic E-state index is 5.66. The average molecular weight is 267 g/mol. The molecule has 0 bridgehead atoms. The number of hydrogen-bond acceptors (Lipinski definition) is 3. The van der Waals surface area contributed by atoms with Gasteiger partial charge < -0.3 is 15.2 Å². The maximum Gasteiger partial charge on any atom is 0.122 e. The molecule has 0 aliphatic rings. The molecule has 0 fully saturated rings. The Morgan fingerprint density at radius 1 is 1.28 bits per heavy atom. The summed E-state index contributed by atoms with van der Waals surface area (Å²) in [5.41, 5.74) is 6.75. The Morgan fingerprint density at radius 2 is 1.94 bits per heavy atom. The summed E-state index contributed by atoms with van der Waals surface area (Å²) in [6.45, 7) is 7.25. The molecular weight excluding hydrogens is 246 g/mol. The highest BCUT2D eigenvalue weighted by Crippen LogP contribution is 2.27. The summed E-state index contributed by atoms with van der Waals surface area (Å²) >= 11 is 5.02. The van der Waals surface area contributed by atoms with Crippen molar-refractivity contribution in [3.63, 3.8) is 0 Å². The second-order valence-corrected chi connectivity index (χ2v) is 4.61. The van der Waals surface area contributed by atoms with Crippen LogP contribution in [0.5, 0.6) is 11.5 Å². The third kappa shape index (κ3) is 4.18. The lowest BCUT2D eigenvalue weighted by molar-refractivity contribution is 0.327. The molecule has 2 N–H and O–H groups in total. The smallest absolute Gasteiger partial charge is 0.122 e. The summed E-state index contributed by atoms with van der Waals surface area (Å²) in [5, 5.41) is 0. The zero-order chi connectivity index (χ0) is 13.5. The molecule has 0 aliphatic carbocycles. The van der Waals surface area contributed by atoms with Gasteiger partial charge >= 0.3 is 0 Å². The van der Waals surface area contributed by atoms with E-state index in [9.17, 15) is 0 Å². The number of ether oxygens (including phenoxy) is 2. The maximum absolute atomic E-state index is 5.66. The van der Waals surface area contributed by atoms with Crippen LogP contribution >= 0.6 is 12.2 Å². The van der Waals surface area contributed by atoms with E-state index in [-0.39, 0.29) is 5.92 Å². The normalized spacial score (nSPS) is 11.9. The molecule has 0 saturated heterocycles. The lowest BCUT2D eigenvalue weighted by Crippen LogP contribution is -2.20. The average Bonchev–Trinajstić information content (AvgIpc) is 2.33. The fourth-order valence-corrected chi connectivity index (χ4v) is 1.78. The second kappa shape index (κ2) is 7.21. The topological polar surface area (TPSA) is 44.5 Å². The minimum atomic E-state index is 0.149. The highest BCUT2D eigenvalue weighted by atomic mass is 32.1. The van der Waals surface area contributed by atoms with Gasteiger partial charge in [-0.2, -0.15) is 0 Å². The highest BCUT2D eigenvalue weighted by Gasteiger charge is 2.12. The van der Waals surface area contributed by atoms with Gasteiger partial charge in [-0.15, -0.1) is 0 Å². The van der Waals surface area contributed by atoms with Crippen LogP contribution in [0.25, 0.3) is 0 Å². The Balaban J connectivity index is 2.95. The van der Waals surface area contributed by atoms with Gasteiger partial charge in [0.2, 0.25) is 0 Å². The van der Waals surface area contributed by atoms with E-state index in [2.05, 4.69) is 0 Å². The van der Waals surface area contributed by atoms with Gasteiger partial charge in [0, 0.05) is 5.92 Å². The molecule has 0 aliphatic heterocycles. The van der Waals surface area contributed by atoms with Crippen LogP contribution in [0.2, 0.25) is 0 Å². The van der Waals surface area contributed by atoms with E-state index in [1.54, 1.807) is 0 Å². The van der Waals surface area contributed by atoms with Gasteiger partial charge in [0.25, 0.3) is 0 Å². The van der Waals surface area contributed by atoms with E-state index >= 15 is 0 Å². The Hall–Kier alpha value is -1.29. The lowest BCUT2D eigenvalue weighted by atomic mass is 10.00. The van der Waals surface area contributed by atoms with Crippen molar-refractivity contribution in [2.24, 2.45) is 11.7 Å². The SMILES string of the molecule is CCOc1ccc(OCC)c(CC(C)C(N)=S)c1. The van der Waals surface area contributed by atoms with E-state index in [0.717, 1.165) is 23.5 Å². The summed E-state index contributed by atoms with van der Waals surface area (Å²) in [6.07, 6.45) is 0.769. The number of hydrogen-bond donors (Lipinski definition) is 1. The minimum Gasteiger partial charge on any atom is -0.494 e. The van der Waals surface area contributed by atoms with Crippen molar-refractivity contribution >= 4 is 17.2 Å². The fraction of sp³-hybridized carbons (Fsp3) is 0.500.